The molecule has 56 heavy (non-hydrogen) atoms. The van der Waals surface area contributed by atoms with Crippen LogP contribution in [0.3, 0.4) is 0 Å². The second-order valence-corrected chi connectivity index (χ2v) is 17.0. The van der Waals surface area contributed by atoms with Crippen molar-refractivity contribution >= 4 is 10.8 Å². The van der Waals surface area contributed by atoms with Crippen LogP contribution in [0.15, 0.2) is 170 Å². The molecule has 0 radical (unpaired) electrons. The molecule has 0 N–H and O–H groups in total. The van der Waals surface area contributed by atoms with Crippen LogP contribution in [-0.2, 0) is 5.41 Å². The monoisotopic (exact) mass is 718 g/mol. The molecule has 1 aromatic heterocycles. The molecule has 268 valence electrons. The highest BCUT2D eigenvalue weighted by Gasteiger charge is 2.61. The van der Waals surface area contributed by atoms with E-state index in [0.717, 1.165) is 57.6 Å². The number of fused-ring (bicyclic) bond motifs is 4. The Morgan fingerprint density at radius 2 is 0.893 bits per heavy atom. The Balaban J connectivity index is 0.914. The van der Waals surface area contributed by atoms with Crippen LogP contribution in [0.25, 0.3) is 78.1 Å². The van der Waals surface area contributed by atoms with E-state index >= 15 is 0 Å². The van der Waals surface area contributed by atoms with Crippen molar-refractivity contribution in [1.29, 1.82) is 0 Å². The van der Waals surface area contributed by atoms with Gasteiger partial charge in [-0.15, -0.1) is 0 Å². The second kappa shape index (κ2) is 12.4. The number of nitrogens with zero attached hydrogens (tertiary/aromatic N) is 2. The van der Waals surface area contributed by atoms with Crippen molar-refractivity contribution in [3.8, 4) is 67.3 Å². The normalized spacial score (nSPS) is 22.7. The second-order valence-electron chi connectivity index (χ2n) is 17.0. The van der Waals surface area contributed by atoms with E-state index in [-0.39, 0.29) is 5.41 Å². The van der Waals surface area contributed by atoms with Gasteiger partial charge in [-0.3, -0.25) is 0 Å². The fourth-order valence-electron chi connectivity index (χ4n) is 11.9. The van der Waals surface area contributed by atoms with E-state index in [1.54, 1.807) is 11.1 Å². The molecule has 13 rings (SSSR count). The first-order valence-corrected chi connectivity index (χ1v) is 20.6. The van der Waals surface area contributed by atoms with Crippen molar-refractivity contribution in [2.24, 2.45) is 23.7 Å². The minimum absolute atomic E-state index is 0.146. The Labute approximate surface area is 329 Å². The third-order valence-corrected chi connectivity index (χ3v) is 14.1. The molecule has 2 nitrogen and oxygen atoms in total. The topological polar surface area (TPSA) is 25.8 Å². The summed E-state index contributed by atoms with van der Waals surface area (Å²) in [5, 5.41) is 2.73. The molecule has 8 aromatic rings. The zero-order valence-corrected chi connectivity index (χ0v) is 31.4. The van der Waals surface area contributed by atoms with Crippen molar-refractivity contribution in [3.05, 3.63) is 181 Å². The lowest BCUT2D eigenvalue weighted by Gasteiger charge is -2.61. The highest BCUT2D eigenvalue weighted by molar-refractivity contribution is 5.99. The lowest BCUT2D eigenvalue weighted by Crippen LogP contribution is -2.55. The van der Waals surface area contributed by atoms with Gasteiger partial charge in [-0.05, 0) is 129 Å². The Kier molecular flexibility index (Phi) is 7.15. The lowest BCUT2D eigenvalue weighted by molar-refractivity contribution is -0.0398. The summed E-state index contributed by atoms with van der Waals surface area (Å²) in [5.41, 5.74) is 16.5. The summed E-state index contributed by atoms with van der Waals surface area (Å²) in [4.78, 5) is 10.0. The van der Waals surface area contributed by atoms with Crippen molar-refractivity contribution < 1.29 is 0 Å². The first-order valence-electron chi connectivity index (χ1n) is 20.6. The minimum Gasteiger partial charge on any atom is -0.228 e. The SMILES string of the molecule is c1ccc(-c2cc(-c3ccc(-c4ccc(-c5cccc6c5-c5cc7ccccc7cc5C65C6CC7CC(C6)CC5C7)cc4)cc3)nc(-c3ccccc3)n2)cc1. The molecule has 0 unspecified atom stereocenters. The van der Waals surface area contributed by atoms with Crippen molar-refractivity contribution in [1.82, 2.24) is 9.97 Å². The fraction of sp³-hybridized carbons (Fsp3) is 0.185. The van der Waals surface area contributed by atoms with Gasteiger partial charge in [0.2, 0.25) is 0 Å². The van der Waals surface area contributed by atoms with Gasteiger partial charge in [0.15, 0.2) is 5.82 Å². The van der Waals surface area contributed by atoms with E-state index in [4.69, 9.17) is 9.97 Å². The van der Waals surface area contributed by atoms with Crippen molar-refractivity contribution in [3.63, 3.8) is 0 Å². The first kappa shape index (κ1) is 32.2. The Morgan fingerprint density at radius 3 is 1.52 bits per heavy atom. The molecular formula is C54H42N2. The number of hydrogen-bond acceptors (Lipinski definition) is 2. The average Bonchev–Trinajstić information content (AvgIpc) is 3.54. The van der Waals surface area contributed by atoms with Crippen molar-refractivity contribution in [2.75, 3.05) is 0 Å². The molecule has 1 heterocycles. The lowest BCUT2D eigenvalue weighted by atomic mass is 9.43. The van der Waals surface area contributed by atoms with E-state index < -0.39 is 0 Å². The van der Waals surface area contributed by atoms with Gasteiger partial charge in [0, 0.05) is 22.1 Å². The van der Waals surface area contributed by atoms with Gasteiger partial charge >= 0.3 is 0 Å². The predicted octanol–water partition coefficient (Wildman–Crippen LogP) is 13.7. The number of rotatable bonds is 5. The van der Waals surface area contributed by atoms with Gasteiger partial charge < -0.3 is 0 Å². The van der Waals surface area contributed by atoms with Gasteiger partial charge in [0.1, 0.15) is 0 Å². The first-order chi connectivity index (χ1) is 27.7. The van der Waals surface area contributed by atoms with Gasteiger partial charge in [0.05, 0.1) is 11.4 Å². The molecule has 4 saturated carbocycles. The summed E-state index contributed by atoms with van der Waals surface area (Å²) in [6.45, 7) is 0. The number of hydrogen-bond donors (Lipinski definition) is 0. The van der Waals surface area contributed by atoms with Gasteiger partial charge in [-0.1, -0.05) is 152 Å². The minimum atomic E-state index is 0.146. The van der Waals surface area contributed by atoms with Crippen LogP contribution in [0.5, 0.6) is 0 Å². The van der Waals surface area contributed by atoms with Crippen LogP contribution in [0.2, 0.25) is 0 Å². The molecule has 0 amide bonds. The number of aromatic nitrogens is 2. The number of benzene rings is 7. The van der Waals surface area contributed by atoms with Gasteiger partial charge in [0.25, 0.3) is 0 Å². The Morgan fingerprint density at radius 1 is 0.375 bits per heavy atom. The molecular weight excluding hydrogens is 677 g/mol. The van der Waals surface area contributed by atoms with Crippen molar-refractivity contribution in [2.45, 2.75) is 37.5 Å². The molecule has 4 fully saturated rings. The molecule has 0 saturated heterocycles. The molecule has 5 aliphatic rings. The Bertz CT molecular complexity index is 2700. The maximum Gasteiger partial charge on any atom is 0.160 e. The third kappa shape index (κ3) is 4.88. The molecule has 7 aromatic carbocycles. The fourth-order valence-corrected chi connectivity index (χ4v) is 11.9. The summed E-state index contributed by atoms with van der Waals surface area (Å²) >= 11 is 0. The summed E-state index contributed by atoms with van der Waals surface area (Å²) in [7, 11) is 0. The van der Waals surface area contributed by atoms with Crippen LogP contribution < -0.4 is 0 Å². The van der Waals surface area contributed by atoms with Crippen LogP contribution in [-0.4, -0.2) is 9.97 Å². The molecule has 1 spiro atoms. The predicted molar refractivity (Wildman–Crippen MR) is 230 cm³/mol. The maximum atomic E-state index is 5.05. The van der Waals surface area contributed by atoms with Crippen LogP contribution in [0.1, 0.15) is 43.2 Å². The molecule has 4 bridgehead atoms. The molecule has 2 heteroatoms. The van der Waals surface area contributed by atoms with E-state index in [2.05, 4.69) is 146 Å². The van der Waals surface area contributed by atoms with E-state index in [1.807, 2.05) is 24.3 Å². The largest absolute Gasteiger partial charge is 0.228 e. The molecule has 5 aliphatic carbocycles. The molecule has 0 atom stereocenters. The standard InChI is InChI=1S/C54H42N2/c1-3-10-39(11-4-1)50-33-51(56-53(55-50)41-12-5-2-6-13-41)40-24-20-37(21-25-40)36-18-22-38(23-19-36)46-16-9-17-48-52(46)47-31-42-14-7-8-15-43(42)32-49(47)54(48)44-27-34-26-35(29-44)30-45(54)28-34/h1-25,31-35,44-45H,26-30H2. The smallest absolute Gasteiger partial charge is 0.160 e. The average molecular weight is 719 g/mol. The highest BCUT2D eigenvalue weighted by atomic mass is 14.9. The van der Waals surface area contributed by atoms with Gasteiger partial charge in [-0.2, -0.15) is 0 Å². The van der Waals surface area contributed by atoms with Crippen LogP contribution in [0, 0.1) is 23.7 Å². The summed E-state index contributed by atoms with van der Waals surface area (Å²) in [6.07, 6.45) is 7.07. The zero-order chi connectivity index (χ0) is 36.8. The van der Waals surface area contributed by atoms with Crippen LogP contribution in [0.4, 0.5) is 0 Å². The maximum absolute atomic E-state index is 5.05. The summed E-state index contributed by atoms with van der Waals surface area (Å²) in [5.74, 6) is 4.09. The summed E-state index contributed by atoms with van der Waals surface area (Å²) in [6, 6.07) is 62.4. The highest BCUT2D eigenvalue weighted by Crippen LogP contribution is 2.70. The summed E-state index contributed by atoms with van der Waals surface area (Å²) < 4.78 is 0. The van der Waals surface area contributed by atoms with E-state index in [0.29, 0.717) is 0 Å². The Hall–Kier alpha value is -6.12. The van der Waals surface area contributed by atoms with E-state index in [9.17, 15) is 0 Å². The quantitative estimate of drug-likeness (QED) is 0.177. The van der Waals surface area contributed by atoms with Crippen LogP contribution >= 0.6 is 0 Å². The zero-order valence-electron chi connectivity index (χ0n) is 31.4. The van der Waals surface area contributed by atoms with Gasteiger partial charge in [-0.25, -0.2) is 9.97 Å². The molecule has 0 aliphatic heterocycles. The van der Waals surface area contributed by atoms with E-state index in [1.165, 1.54) is 76.3 Å². The third-order valence-electron chi connectivity index (χ3n) is 14.1.